The third-order valence-corrected chi connectivity index (χ3v) is 5.88. The molecule has 7 nitrogen and oxygen atoms in total. The molecule has 0 radical (unpaired) electrons. The third-order valence-electron chi connectivity index (χ3n) is 5.88. The number of aromatic nitrogens is 6. The lowest BCUT2D eigenvalue weighted by molar-refractivity contribution is 0.628. The monoisotopic (exact) mass is 449 g/mol. The summed E-state index contributed by atoms with van der Waals surface area (Å²) in [5.74, 6) is 0.346. The van der Waals surface area contributed by atoms with Crippen LogP contribution in [0, 0.1) is 5.82 Å². The van der Waals surface area contributed by atoms with Gasteiger partial charge in [-0.25, -0.2) is 9.37 Å². The van der Waals surface area contributed by atoms with Gasteiger partial charge in [0.05, 0.1) is 28.6 Å². The summed E-state index contributed by atoms with van der Waals surface area (Å²) >= 11 is 0. The minimum Gasteiger partial charge on any atom is -0.376 e. The fourth-order valence-corrected chi connectivity index (χ4v) is 4.07. The van der Waals surface area contributed by atoms with Gasteiger partial charge in [0.15, 0.2) is 5.82 Å². The molecule has 6 aromatic rings. The van der Waals surface area contributed by atoms with Crippen LogP contribution in [0.25, 0.3) is 55.8 Å². The second-order valence-electron chi connectivity index (χ2n) is 8.31. The fourth-order valence-electron chi connectivity index (χ4n) is 4.07. The van der Waals surface area contributed by atoms with Crippen LogP contribution in [0.15, 0.2) is 73.2 Å². The van der Waals surface area contributed by atoms with Gasteiger partial charge in [0.2, 0.25) is 0 Å². The number of H-pyrrole nitrogens is 2. The van der Waals surface area contributed by atoms with Crippen molar-refractivity contribution in [1.29, 1.82) is 0 Å². The number of hydrogen-bond donors (Lipinski definition) is 2. The predicted octanol–water partition coefficient (Wildman–Crippen LogP) is 5.44. The zero-order valence-electron chi connectivity index (χ0n) is 18.5. The maximum atomic E-state index is 13.4. The number of halogens is 1. The summed E-state index contributed by atoms with van der Waals surface area (Å²) in [5.41, 5.74) is 7.74. The maximum Gasteiger partial charge on any atom is 0.159 e. The van der Waals surface area contributed by atoms with Gasteiger partial charge >= 0.3 is 0 Å². The molecular weight excluding hydrogens is 429 g/mol. The van der Waals surface area contributed by atoms with Crippen LogP contribution in [0.2, 0.25) is 0 Å². The molecule has 6 rings (SSSR count). The van der Waals surface area contributed by atoms with Gasteiger partial charge in [-0.1, -0.05) is 6.07 Å². The fraction of sp³-hybridized carbons (Fsp3) is 0.0769. The molecule has 0 saturated heterocycles. The SMILES string of the molecule is CN(C)c1cncc(-c2ccc3[nH]nc(-c4nc5c(-c6ccc(F)cc6)nccc5[nH]4)c3c2)c1. The molecule has 166 valence electrons. The Balaban J connectivity index is 1.47. The van der Waals surface area contributed by atoms with Crippen LogP contribution in [0.3, 0.4) is 0 Å². The highest BCUT2D eigenvalue weighted by Crippen LogP contribution is 2.32. The first-order chi connectivity index (χ1) is 16.6. The van der Waals surface area contributed by atoms with E-state index in [0.29, 0.717) is 17.0 Å². The zero-order valence-corrected chi connectivity index (χ0v) is 18.5. The van der Waals surface area contributed by atoms with E-state index in [9.17, 15) is 4.39 Å². The smallest absolute Gasteiger partial charge is 0.159 e. The highest BCUT2D eigenvalue weighted by molar-refractivity contribution is 5.97. The number of hydrogen-bond acceptors (Lipinski definition) is 5. The molecule has 2 N–H and O–H groups in total. The van der Waals surface area contributed by atoms with E-state index in [2.05, 4.69) is 43.3 Å². The molecule has 34 heavy (non-hydrogen) atoms. The third kappa shape index (κ3) is 3.36. The highest BCUT2D eigenvalue weighted by atomic mass is 19.1. The van der Waals surface area contributed by atoms with E-state index >= 15 is 0 Å². The summed E-state index contributed by atoms with van der Waals surface area (Å²) in [7, 11) is 3.99. The Morgan fingerprint density at radius 1 is 0.824 bits per heavy atom. The molecule has 0 amide bonds. The lowest BCUT2D eigenvalue weighted by Crippen LogP contribution is -2.08. The van der Waals surface area contributed by atoms with Crippen molar-refractivity contribution in [3.05, 3.63) is 79.0 Å². The molecule has 4 heterocycles. The van der Waals surface area contributed by atoms with Crippen LogP contribution >= 0.6 is 0 Å². The average molecular weight is 449 g/mol. The molecule has 4 aromatic heterocycles. The molecule has 0 spiro atoms. The normalized spacial score (nSPS) is 11.4. The van der Waals surface area contributed by atoms with Crippen molar-refractivity contribution in [3.63, 3.8) is 0 Å². The summed E-state index contributed by atoms with van der Waals surface area (Å²) in [6, 6.07) is 16.4. The van der Waals surface area contributed by atoms with E-state index in [1.54, 1.807) is 18.3 Å². The van der Waals surface area contributed by atoms with E-state index in [4.69, 9.17) is 4.98 Å². The topological polar surface area (TPSA) is 86.4 Å². The number of fused-ring (bicyclic) bond motifs is 2. The van der Waals surface area contributed by atoms with E-state index in [-0.39, 0.29) is 5.82 Å². The van der Waals surface area contributed by atoms with Crippen LogP contribution in [0.5, 0.6) is 0 Å². The van der Waals surface area contributed by atoms with E-state index in [1.807, 2.05) is 43.5 Å². The first-order valence-corrected chi connectivity index (χ1v) is 10.8. The molecule has 0 bridgehead atoms. The van der Waals surface area contributed by atoms with Crippen molar-refractivity contribution in [1.82, 2.24) is 30.1 Å². The second-order valence-corrected chi connectivity index (χ2v) is 8.31. The standard InChI is InChI=1S/C26H20FN7/c1-34(2)19-11-17(13-28-14-19)16-5-8-21-20(12-16)24(33-32-21)26-30-22-9-10-29-23(25(22)31-26)15-3-6-18(27)7-4-15/h3-14H,1-2H3,(H,30,31)(H,32,33). The van der Waals surface area contributed by atoms with E-state index in [1.165, 1.54) is 12.1 Å². The van der Waals surface area contributed by atoms with Crippen LogP contribution in [0.1, 0.15) is 0 Å². The Bertz CT molecular complexity index is 1650. The molecule has 0 saturated carbocycles. The van der Waals surface area contributed by atoms with Gasteiger partial charge in [0.1, 0.15) is 17.0 Å². The second kappa shape index (κ2) is 7.77. The number of benzene rings is 2. The Kier molecular flexibility index (Phi) is 4.58. The van der Waals surface area contributed by atoms with Gasteiger partial charge < -0.3 is 9.88 Å². The molecule has 2 aromatic carbocycles. The van der Waals surface area contributed by atoms with Gasteiger partial charge in [-0.15, -0.1) is 0 Å². The predicted molar refractivity (Wildman–Crippen MR) is 132 cm³/mol. The number of aromatic amines is 2. The van der Waals surface area contributed by atoms with Crippen molar-refractivity contribution >= 4 is 27.6 Å². The van der Waals surface area contributed by atoms with Gasteiger partial charge in [0, 0.05) is 43.0 Å². The molecule has 0 aliphatic rings. The Morgan fingerprint density at radius 2 is 1.65 bits per heavy atom. The molecule has 8 heteroatoms. The van der Waals surface area contributed by atoms with Crippen LogP contribution in [-0.2, 0) is 0 Å². The molecular formula is C26H20FN7. The van der Waals surface area contributed by atoms with Crippen LogP contribution < -0.4 is 4.90 Å². The number of rotatable bonds is 4. The quantitative estimate of drug-likeness (QED) is 0.375. The van der Waals surface area contributed by atoms with Gasteiger partial charge in [0.25, 0.3) is 0 Å². The number of nitrogens with zero attached hydrogens (tertiary/aromatic N) is 5. The molecule has 0 atom stereocenters. The summed E-state index contributed by atoms with van der Waals surface area (Å²) < 4.78 is 13.4. The first-order valence-electron chi connectivity index (χ1n) is 10.8. The molecule has 0 fully saturated rings. The van der Waals surface area contributed by atoms with Crippen molar-refractivity contribution in [2.45, 2.75) is 0 Å². The minimum absolute atomic E-state index is 0.288. The molecule has 0 unspecified atom stereocenters. The van der Waals surface area contributed by atoms with Gasteiger partial charge in [-0.2, -0.15) is 5.10 Å². The number of imidazole rings is 1. The van der Waals surface area contributed by atoms with Crippen molar-refractivity contribution in [2.24, 2.45) is 0 Å². The van der Waals surface area contributed by atoms with E-state index < -0.39 is 0 Å². The minimum atomic E-state index is -0.288. The maximum absolute atomic E-state index is 13.4. The number of pyridine rings is 2. The Hall–Kier alpha value is -4.59. The van der Waals surface area contributed by atoms with Crippen LogP contribution in [0.4, 0.5) is 10.1 Å². The summed E-state index contributed by atoms with van der Waals surface area (Å²) in [4.78, 5) is 19.1. The lowest BCUT2D eigenvalue weighted by Gasteiger charge is -2.13. The first kappa shape index (κ1) is 20.0. The summed E-state index contributed by atoms with van der Waals surface area (Å²) in [5, 5.41) is 8.59. The highest BCUT2D eigenvalue weighted by Gasteiger charge is 2.16. The Labute approximate surface area is 194 Å². The number of anilines is 1. The Morgan fingerprint density at radius 3 is 2.47 bits per heavy atom. The van der Waals surface area contributed by atoms with Gasteiger partial charge in [-0.05, 0) is 54.1 Å². The van der Waals surface area contributed by atoms with Crippen molar-refractivity contribution in [3.8, 4) is 33.9 Å². The zero-order chi connectivity index (χ0) is 23.2. The van der Waals surface area contributed by atoms with Crippen LogP contribution in [-0.4, -0.2) is 44.2 Å². The van der Waals surface area contributed by atoms with Gasteiger partial charge in [-0.3, -0.25) is 15.1 Å². The lowest BCUT2D eigenvalue weighted by atomic mass is 10.0. The molecule has 0 aliphatic heterocycles. The summed E-state index contributed by atoms with van der Waals surface area (Å²) in [6.07, 6.45) is 5.41. The molecule has 0 aliphatic carbocycles. The average Bonchev–Trinajstić information content (AvgIpc) is 3.48. The number of nitrogens with one attached hydrogen (secondary N) is 2. The van der Waals surface area contributed by atoms with E-state index in [0.717, 1.165) is 44.5 Å². The largest absolute Gasteiger partial charge is 0.376 e. The van der Waals surface area contributed by atoms with Crippen molar-refractivity contribution < 1.29 is 4.39 Å². The summed E-state index contributed by atoms with van der Waals surface area (Å²) in [6.45, 7) is 0. The van der Waals surface area contributed by atoms with Crippen molar-refractivity contribution in [2.75, 3.05) is 19.0 Å².